The van der Waals surface area contributed by atoms with Crippen LogP contribution in [-0.2, 0) is 0 Å². The molecule has 1 N–H and O–H groups in total. The van der Waals surface area contributed by atoms with Gasteiger partial charge in [0.15, 0.2) is 0 Å². The molecule has 2 aromatic carbocycles. The van der Waals surface area contributed by atoms with Gasteiger partial charge in [0.25, 0.3) is 0 Å². The van der Waals surface area contributed by atoms with Gasteiger partial charge >= 0.3 is 0 Å². The van der Waals surface area contributed by atoms with Gasteiger partial charge in [0.1, 0.15) is 11.9 Å². The predicted molar refractivity (Wildman–Crippen MR) is 90.2 cm³/mol. The van der Waals surface area contributed by atoms with E-state index in [-0.39, 0.29) is 6.10 Å². The van der Waals surface area contributed by atoms with Crippen molar-refractivity contribution in [2.45, 2.75) is 12.5 Å². The summed E-state index contributed by atoms with van der Waals surface area (Å²) in [5.74, 6) is 0.848. The van der Waals surface area contributed by atoms with Crippen LogP contribution >= 0.6 is 11.3 Å². The number of hydrogen-bond acceptors (Lipinski definition) is 3. The van der Waals surface area contributed by atoms with Gasteiger partial charge in [-0.05, 0) is 36.5 Å². The first-order valence-electron chi connectivity index (χ1n) is 7.62. The van der Waals surface area contributed by atoms with E-state index in [1.807, 2.05) is 37.4 Å². The average molecular weight is 298 g/mol. The smallest absolute Gasteiger partial charge is 0.134 e. The molecule has 108 valence electrons. The second-order valence-electron chi connectivity index (χ2n) is 4.90. The van der Waals surface area contributed by atoms with Gasteiger partial charge in [-0.2, -0.15) is 0 Å². The topological polar surface area (TPSA) is 21.3 Å². The third kappa shape index (κ3) is 3.26. The first-order valence-corrected chi connectivity index (χ1v) is 8.00. The van der Waals surface area contributed by atoms with E-state index in [1.54, 1.807) is 17.4 Å². The number of thiophene rings is 1. The number of fused-ring (bicyclic) bond motifs is 1. The molecule has 1 heterocycles. The fourth-order valence-electron chi connectivity index (χ4n) is 2.39. The quantitative estimate of drug-likeness (QED) is 0.716. The summed E-state index contributed by atoms with van der Waals surface area (Å²) in [6, 6.07) is 16.4. The lowest BCUT2D eigenvalue weighted by Crippen LogP contribution is -2.15. The lowest BCUT2D eigenvalue weighted by molar-refractivity contribution is 0.201. The average Bonchev–Trinajstić information content (AvgIpc) is 3.08. The molecule has 0 amide bonds. The Hall–Kier alpha value is -1.84. The Labute approximate surface area is 130 Å². The van der Waals surface area contributed by atoms with Crippen molar-refractivity contribution in [3.05, 3.63) is 64.8 Å². The highest BCUT2D eigenvalue weighted by atomic mass is 32.1. The third-order valence-electron chi connectivity index (χ3n) is 3.45. The van der Waals surface area contributed by atoms with Gasteiger partial charge < -0.3 is 10.1 Å². The van der Waals surface area contributed by atoms with Crippen LogP contribution in [0.1, 0.15) is 18.8 Å². The number of hydrogen-bond donors (Lipinski definition) is 1. The Bertz CT molecular complexity index is 742. The van der Waals surface area contributed by atoms with Crippen molar-refractivity contribution >= 4 is 22.1 Å². The maximum atomic E-state index is 8.03. The first kappa shape index (κ1) is 12.9. The van der Waals surface area contributed by atoms with E-state index in [9.17, 15) is 0 Å². The van der Waals surface area contributed by atoms with Gasteiger partial charge in [-0.1, -0.05) is 42.4 Å². The number of nitrogens with one attached hydrogen (secondary N) is 1. The molecule has 3 rings (SSSR count). The minimum absolute atomic E-state index is 0.0347. The summed E-state index contributed by atoms with van der Waals surface area (Å²) in [7, 11) is 1.95. The van der Waals surface area contributed by atoms with Crippen molar-refractivity contribution in [1.82, 2.24) is 5.32 Å². The van der Waals surface area contributed by atoms with Gasteiger partial charge in [0.05, 0.1) is 1.37 Å². The maximum absolute atomic E-state index is 8.03. The number of benzene rings is 2. The van der Waals surface area contributed by atoms with Crippen molar-refractivity contribution < 1.29 is 6.11 Å². The zero-order chi connectivity index (χ0) is 15.4. The maximum Gasteiger partial charge on any atom is 0.134 e. The molecular weight excluding hydrogens is 278 g/mol. The Balaban J connectivity index is 1.94. The third-order valence-corrected chi connectivity index (χ3v) is 4.42. The molecule has 0 unspecified atom stereocenters. The highest BCUT2D eigenvalue weighted by molar-refractivity contribution is 7.10. The van der Waals surface area contributed by atoms with E-state index < -0.39 is 0 Å². The first-order chi connectivity index (χ1) is 10.8. The molecule has 0 aliphatic heterocycles. The molecule has 21 heavy (non-hydrogen) atoms. The minimum atomic E-state index is 0.0347. The molecule has 0 aliphatic rings. The van der Waals surface area contributed by atoms with Crippen LogP contribution in [0, 0.1) is 0 Å². The van der Waals surface area contributed by atoms with Crippen LogP contribution in [0.5, 0.6) is 5.75 Å². The SMILES string of the molecule is [2H]c1ccc(O[C@@H](CCNC)c2cccs2)c2ccccc12. The summed E-state index contributed by atoms with van der Waals surface area (Å²) >= 11 is 1.72. The van der Waals surface area contributed by atoms with E-state index in [0.29, 0.717) is 6.04 Å². The van der Waals surface area contributed by atoms with E-state index in [2.05, 4.69) is 22.8 Å². The summed E-state index contributed by atoms with van der Waals surface area (Å²) in [4.78, 5) is 1.23. The van der Waals surface area contributed by atoms with Crippen LogP contribution in [-0.4, -0.2) is 13.6 Å². The van der Waals surface area contributed by atoms with Crippen molar-refractivity contribution in [1.29, 1.82) is 0 Å². The molecule has 1 aromatic heterocycles. The molecular formula is C18H19NOS. The molecule has 3 heteroatoms. The molecule has 0 radical (unpaired) electrons. The van der Waals surface area contributed by atoms with Crippen LogP contribution in [0.4, 0.5) is 0 Å². The second-order valence-corrected chi connectivity index (χ2v) is 5.88. The van der Waals surface area contributed by atoms with Crippen LogP contribution in [0.3, 0.4) is 0 Å². The lowest BCUT2D eigenvalue weighted by Gasteiger charge is -2.19. The molecule has 0 saturated heterocycles. The Morgan fingerprint density at radius 2 is 2.10 bits per heavy atom. The molecule has 0 aliphatic carbocycles. The molecule has 0 spiro atoms. The minimum Gasteiger partial charge on any atom is -0.484 e. The van der Waals surface area contributed by atoms with Crippen LogP contribution < -0.4 is 10.1 Å². The zero-order valence-corrected chi connectivity index (χ0v) is 12.8. The zero-order valence-electron chi connectivity index (χ0n) is 13.0. The number of ether oxygens (including phenoxy) is 1. The van der Waals surface area contributed by atoms with E-state index >= 15 is 0 Å². The van der Waals surface area contributed by atoms with Crippen LogP contribution in [0.25, 0.3) is 10.8 Å². The summed E-state index contributed by atoms with van der Waals surface area (Å²) in [5.41, 5.74) is 0. The van der Waals surface area contributed by atoms with E-state index in [0.717, 1.165) is 29.5 Å². The molecule has 0 fully saturated rings. The monoisotopic (exact) mass is 298 g/mol. The highest BCUT2D eigenvalue weighted by Crippen LogP contribution is 2.32. The van der Waals surface area contributed by atoms with Gasteiger partial charge in [-0.15, -0.1) is 11.3 Å². The normalized spacial score (nSPS) is 13.1. The second kappa shape index (κ2) is 6.74. The molecule has 0 saturated carbocycles. The molecule has 1 atom stereocenters. The largest absolute Gasteiger partial charge is 0.484 e. The van der Waals surface area contributed by atoms with Gasteiger partial charge in [0.2, 0.25) is 0 Å². The number of rotatable bonds is 6. The summed E-state index contributed by atoms with van der Waals surface area (Å²) < 4.78 is 14.3. The van der Waals surface area contributed by atoms with Crippen LogP contribution in [0.15, 0.2) is 60.0 Å². The van der Waals surface area contributed by atoms with E-state index in [1.165, 1.54) is 4.88 Å². The van der Waals surface area contributed by atoms with Crippen molar-refractivity contribution in [2.24, 2.45) is 0 Å². The Morgan fingerprint density at radius 3 is 2.90 bits per heavy atom. The Morgan fingerprint density at radius 1 is 1.19 bits per heavy atom. The van der Waals surface area contributed by atoms with Crippen molar-refractivity contribution in [3.8, 4) is 5.75 Å². The van der Waals surface area contributed by atoms with Gasteiger partial charge in [0, 0.05) is 16.7 Å². The molecule has 2 nitrogen and oxygen atoms in total. The van der Waals surface area contributed by atoms with E-state index in [4.69, 9.17) is 6.11 Å². The van der Waals surface area contributed by atoms with Gasteiger partial charge in [-0.25, -0.2) is 0 Å². The fraction of sp³-hybridized carbons (Fsp3) is 0.222. The fourth-order valence-corrected chi connectivity index (χ4v) is 3.18. The lowest BCUT2D eigenvalue weighted by atomic mass is 10.1. The standard InChI is InChI=1S/C18H19NOS/c1-19-12-11-17(18-10-5-13-21-18)20-16-9-4-7-14-6-2-3-8-15(14)16/h2-10,13,17,19H,11-12H2,1H3/t17-/m0/s1/i7D. The Kier molecular flexibility index (Phi) is 4.13. The highest BCUT2D eigenvalue weighted by Gasteiger charge is 2.15. The van der Waals surface area contributed by atoms with Crippen LogP contribution in [0.2, 0.25) is 0 Å². The van der Waals surface area contributed by atoms with Crippen molar-refractivity contribution in [3.63, 3.8) is 0 Å². The summed E-state index contributed by atoms with van der Waals surface area (Å²) in [5, 5.41) is 7.20. The predicted octanol–water partition coefficient (Wildman–Crippen LogP) is 4.63. The van der Waals surface area contributed by atoms with Gasteiger partial charge in [-0.3, -0.25) is 0 Å². The molecule has 0 bridgehead atoms. The molecule has 3 aromatic rings. The summed E-state index contributed by atoms with van der Waals surface area (Å²) in [6.45, 7) is 0.900. The van der Waals surface area contributed by atoms with Crippen molar-refractivity contribution in [2.75, 3.05) is 13.6 Å². The summed E-state index contributed by atoms with van der Waals surface area (Å²) in [6.07, 6.45) is 0.945.